The molecule has 6 heteroatoms. The zero-order chi connectivity index (χ0) is 13.0. The van der Waals surface area contributed by atoms with E-state index in [1.165, 1.54) is 12.8 Å². The predicted molar refractivity (Wildman–Crippen MR) is 87.0 cm³/mol. The summed E-state index contributed by atoms with van der Waals surface area (Å²) in [6, 6.07) is 0. The Labute approximate surface area is 131 Å². The van der Waals surface area contributed by atoms with Crippen molar-refractivity contribution in [3.63, 3.8) is 0 Å². The number of halogens is 1. The second-order valence-electron chi connectivity index (χ2n) is 4.67. The molecular weight excluding hydrogens is 355 g/mol. The lowest BCUT2D eigenvalue weighted by Crippen LogP contribution is -2.39. The van der Waals surface area contributed by atoms with Crippen LogP contribution in [0, 0.1) is 13.8 Å². The van der Waals surface area contributed by atoms with E-state index in [0.717, 1.165) is 42.6 Å². The van der Waals surface area contributed by atoms with Crippen molar-refractivity contribution in [2.75, 3.05) is 19.6 Å². The Bertz CT molecular complexity index is 405. The van der Waals surface area contributed by atoms with Crippen LogP contribution >= 0.6 is 24.0 Å². The van der Waals surface area contributed by atoms with Crippen LogP contribution in [0.25, 0.3) is 0 Å². The van der Waals surface area contributed by atoms with E-state index in [9.17, 15) is 0 Å². The summed E-state index contributed by atoms with van der Waals surface area (Å²) in [5, 5.41) is 7.31. The number of rotatable bonds is 3. The first-order valence-electron chi connectivity index (χ1n) is 6.67. The Morgan fingerprint density at radius 1 is 1.37 bits per heavy atom. The molecule has 0 unspecified atom stereocenters. The van der Waals surface area contributed by atoms with Crippen molar-refractivity contribution in [2.45, 2.75) is 40.2 Å². The van der Waals surface area contributed by atoms with Gasteiger partial charge in [0.25, 0.3) is 0 Å². The van der Waals surface area contributed by atoms with Gasteiger partial charge in [0.15, 0.2) is 5.96 Å². The van der Waals surface area contributed by atoms with Crippen LogP contribution in [0.1, 0.15) is 36.8 Å². The standard InChI is InChI=1S/C13H22N4O.HI/c1-4-14-13(17-7-5-6-8-17)15-9-12-10(2)16-18-11(12)3;/h4-9H2,1-3H3,(H,14,15);1H. The molecule has 2 rings (SSSR count). The molecule has 1 aromatic heterocycles. The smallest absolute Gasteiger partial charge is 0.194 e. The van der Waals surface area contributed by atoms with Crippen molar-refractivity contribution < 1.29 is 4.52 Å². The summed E-state index contributed by atoms with van der Waals surface area (Å²) in [6.45, 7) is 9.75. The third-order valence-electron chi connectivity index (χ3n) is 3.31. The Morgan fingerprint density at radius 3 is 2.58 bits per heavy atom. The molecule has 0 spiro atoms. The first kappa shape index (κ1) is 16.3. The molecule has 1 aliphatic rings. The molecule has 19 heavy (non-hydrogen) atoms. The van der Waals surface area contributed by atoms with Gasteiger partial charge in [-0.25, -0.2) is 4.99 Å². The van der Waals surface area contributed by atoms with Crippen molar-refractivity contribution >= 4 is 29.9 Å². The molecule has 0 aliphatic carbocycles. The number of guanidine groups is 1. The summed E-state index contributed by atoms with van der Waals surface area (Å²) in [5.74, 6) is 1.88. The number of aromatic nitrogens is 1. The molecule has 1 aromatic rings. The number of likely N-dealkylation sites (tertiary alicyclic amines) is 1. The van der Waals surface area contributed by atoms with Crippen LogP contribution < -0.4 is 5.32 Å². The van der Waals surface area contributed by atoms with Crippen LogP contribution in [-0.4, -0.2) is 35.7 Å². The second-order valence-corrected chi connectivity index (χ2v) is 4.67. The van der Waals surface area contributed by atoms with Gasteiger partial charge in [-0.3, -0.25) is 0 Å². The minimum Gasteiger partial charge on any atom is -0.361 e. The predicted octanol–water partition coefficient (Wildman–Crippen LogP) is 2.47. The highest BCUT2D eigenvalue weighted by molar-refractivity contribution is 14.0. The molecule has 1 saturated heterocycles. The van der Waals surface area contributed by atoms with Crippen molar-refractivity contribution in [1.29, 1.82) is 0 Å². The number of nitrogens with one attached hydrogen (secondary N) is 1. The van der Waals surface area contributed by atoms with Crippen molar-refractivity contribution in [2.24, 2.45) is 4.99 Å². The zero-order valence-electron chi connectivity index (χ0n) is 11.9. The van der Waals surface area contributed by atoms with Gasteiger partial charge in [0.1, 0.15) is 5.76 Å². The minimum atomic E-state index is 0. The summed E-state index contributed by atoms with van der Waals surface area (Å²) in [5.41, 5.74) is 2.04. The van der Waals surface area contributed by atoms with Gasteiger partial charge in [-0.15, -0.1) is 24.0 Å². The van der Waals surface area contributed by atoms with Gasteiger partial charge in [0, 0.05) is 25.2 Å². The third-order valence-corrected chi connectivity index (χ3v) is 3.31. The zero-order valence-corrected chi connectivity index (χ0v) is 14.2. The Morgan fingerprint density at radius 2 is 2.05 bits per heavy atom. The van der Waals surface area contributed by atoms with Crippen molar-refractivity contribution in [3.05, 3.63) is 17.0 Å². The fourth-order valence-electron chi connectivity index (χ4n) is 2.24. The van der Waals surface area contributed by atoms with Crippen molar-refractivity contribution in [3.8, 4) is 0 Å². The van der Waals surface area contributed by atoms with E-state index in [2.05, 4.69) is 22.3 Å². The number of nitrogens with zero attached hydrogens (tertiary/aromatic N) is 3. The van der Waals surface area contributed by atoms with Crippen LogP contribution in [0.2, 0.25) is 0 Å². The van der Waals surface area contributed by atoms with E-state index in [0.29, 0.717) is 6.54 Å². The highest BCUT2D eigenvalue weighted by atomic mass is 127. The average molecular weight is 378 g/mol. The summed E-state index contributed by atoms with van der Waals surface area (Å²) < 4.78 is 5.16. The lowest BCUT2D eigenvalue weighted by Gasteiger charge is -2.20. The van der Waals surface area contributed by atoms with E-state index in [1.54, 1.807) is 0 Å². The highest BCUT2D eigenvalue weighted by Crippen LogP contribution is 2.14. The SMILES string of the molecule is CCNC(=NCc1c(C)noc1C)N1CCCC1.I. The minimum absolute atomic E-state index is 0. The maximum Gasteiger partial charge on any atom is 0.194 e. The third kappa shape index (κ3) is 4.09. The van der Waals surface area contributed by atoms with E-state index < -0.39 is 0 Å². The van der Waals surface area contributed by atoms with Gasteiger partial charge in [0.2, 0.25) is 0 Å². The maximum absolute atomic E-state index is 5.16. The van der Waals surface area contributed by atoms with Crippen LogP contribution in [0.3, 0.4) is 0 Å². The Hall–Kier alpha value is -0.790. The first-order valence-corrected chi connectivity index (χ1v) is 6.67. The second kappa shape index (κ2) is 7.72. The molecule has 5 nitrogen and oxygen atoms in total. The van der Waals surface area contributed by atoms with E-state index in [4.69, 9.17) is 9.52 Å². The lowest BCUT2D eigenvalue weighted by molar-refractivity contribution is 0.392. The fraction of sp³-hybridized carbons (Fsp3) is 0.692. The van der Waals surface area contributed by atoms with E-state index in [-0.39, 0.29) is 24.0 Å². The average Bonchev–Trinajstić information content (AvgIpc) is 2.97. The van der Waals surface area contributed by atoms with Gasteiger partial charge in [-0.2, -0.15) is 0 Å². The Kier molecular flexibility index (Phi) is 6.60. The molecule has 1 N–H and O–H groups in total. The summed E-state index contributed by atoms with van der Waals surface area (Å²) in [6.07, 6.45) is 2.52. The normalized spacial score (nSPS) is 15.5. The van der Waals surface area contributed by atoms with Gasteiger partial charge in [-0.05, 0) is 33.6 Å². The van der Waals surface area contributed by atoms with Crippen LogP contribution in [-0.2, 0) is 6.54 Å². The summed E-state index contributed by atoms with van der Waals surface area (Å²) >= 11 is 0. The molecule has 0 atom stereocenters. The molecule has 2 heterocycles. The van der Waals surface area contributed by atoms with Gasteiger partial charge in [-0.1, -0.05) is 5.16 Å². The molecule has 108 valence electrons. The number of hydrogen-bond acceptors (Lipinski definition) is 3. The number of aliphatic imine (C=N–C) groups is 1. The monoisotopic (exact) mass is 378 g/mol. The maximum atomic E-state index is 5.16. The summed E-state index contributed by atoms with van der Waals surface area (Å²) in [4.78, 5) is 7.01. The van der Waals surface area contributed by atoms with Crippen LogP contribution in [0.5, 0.6) is 0 Å². The molecule has 0 amide bonds. The molecule has 0 radical (unpaired) electrons. The summed E-state index contributed by atoms with van der Waals surface area (Å²) in [7, 11) is 0. The van der Waals surface area contributed by atoms with Gasteiger partial charge < -0.3 is 14.7 Å². The number of aryl methyl sites for hydroxylation is 2. The van der Waals surface area contributed by atoms with E-state index >= 15 is 0 Å². The quantitative estimate of drug-likeness (QED) is 0.499. The molecule has 1 fully saturated rings. The lowest BCUT2D eigenvalue weighted by atomic mass is 10.2. The topological polar surface area (TPSA) is 53.7 Å². The van der Waals surface area contributed by atoms with Crippen LogP contribution in [0.15, 0.2) is 9.52 Å². The first-order chi connectivity index (χ1) is 8.72. The van der Waals surface area contributed by atoms with Gasteiger partial charge >= 0.3 is 0 Å². The van der Waals surface area contributed by atoms with Crippen LogP contribution in [0.4, 0.5) is 0 Å². The molecule has 0 bridgehead atoms. The fourth-order valence-corrected chi connectivity index (χ4v) is 2.24. The number of hydrogen-bond donors (Lipinski definition) is 1. The molecular formula is C13H23IN4O. The Balaban J connectivity index is 0.00000180. The molecule has 0 aromatic carbocycles. The van der Waals surface area contributed by atoms with E-state index in [1.807, 2.05) is 13.8 Å². The van der Waals surface area contributed by atoms with Gasteiger partial charge in [0.05, 0.1) is 12.2 Å². The largest absolute Gasteiger partial charge is 0.361 e. The van der Waals surface area contributed by atoms with Crippen molar-refractivity contribution in [1.82, 2.24) is 15.4 Å². The molecule has 0 saturated carbocycles. The molecule has 1 aliphatic heterocycles. The highest BCUT2D eigenvalue weighted by Gasteiger charge is 2.16.